The lowest BCUT2D eigenvalue weighted by molar-refractivity contribution is -0.440. The Balaban J connectivity index is 0. The molecular weight excluding hydrogens is 507 g/mol. The number of alkyl halides is 13. The maximum absolute atomic E-state index is 12.8. The summed E-state index contributed by atoms with van der Waals surface area (Å²) in [6, 6.07) is -0.688. The van der Waals surface area contributed by atoms with E-state index in [-0.39, 0.29) is 0 Å². The van der Waals surface area contributed by atoms with Gasteiger partial charge in [0.25, 0.3) is 0 Å². The van der Waals surface area contributed by atoms with E-state index in [9.17, 15) is 71.8 Å². The van der Waals surface area contributed by atoms with E-state index in [1.807, 2.05) is 0 Å². The molecule has 0 spiro atoms. The Morgan fingerprint density at radius 2 is 1.18 bits per heavy atom. The third-order valence-electron chi connectivity index (χ3n) is 3.70. The summed E-state index contributed by atoms with van der Waals surface area (Å²) < 4.78 is 161. The molecule has 0 aliphatic heterocycles. The molecule has 19 heteroatoms. The zero-order chi connectivity index (χ0) is 27.3. The Kier molecular flexibility index (Phi) is 11.0. The molecule has 6 N–H and O–H groups in total. The second kappa shape index (κ2) is 10.9. The quantitative estimate of drug-likeness (QED) is 0.280. The third-order valence-corrected chi connectivity index (χ3v) is 3.70. The average Bonchev–Trinajstić information content (AvgIpc) is 2.59. The number of carboxylic acid groups (broad SMARTS) is 2. The van der Waals surface area contributed by atoms with E-state index < -0.39 is 60.2 Å². The monoisotopic (exact) mass is 524 g/mol. The predicted octanol–water partition coefficient (Wildman–Crippen LogP) is 1.68. The van der Waals surface area contributed by atoms with Crippen LogP contribution in [0.15, 0.2) is 0 Å². The molecule has 0 aliphatic rings. The van der Waals surface area contributed by atoms with Gasteiger partial charge in [0.15, 0.2) is 0 Å². The van der Waals surface area contributed by atoms with Crippen LogP contribution in [0.25, 0.3) is 0 Å². The van der Waals surface area contributed by atoms with Gasteiger partial charge in [-0.25, -0.2) is 0 Å². The Morgan fingerprint density at radius 1 is 0.788 bits per heavy atom. The molecule has 0 aromatic heterocycles. The Bertz CT molecular complexity index is 668. The Morgan fingerprint density at radius 3 is 1.48 bits per heavy atom. The van der Waals surface area contributed by atoms with Crippen LogP contribution in [-0.2, 0) is 9.59 Å². The summed E-state index contributed by atoms with van der Waals surface area (Å²) in [5.74, 6) is -42.1. The minimum atomic E-state index is -8.03. The van der Waals surface area contributed by atoms with Crippen molar-refractivity contribution in [1.82, 2.24) is 0 Å². The fourth-order valence-corrected chi connectivity index (χ4v) is 1.76. The third kappa shape index (κ3) is 7.21. The fourth-order valence-electron chi connectivity index (χ4n) is 1.76. The number of aliphatic carboxylic acids is 2. The molecule has 0 fully saturated rings. The summed E-state index contributed by atoms with van der Waals surface area (Å²) in [6.07, 6.45) is -8.47. The second-order valence-electron chi connectivity index (χ2n) is 6.34. The van der Waals surface area contributed by atoms with Crippen LogP contribution in [0.3, 0.4) is 0 Å². The number of unbranched alkanes of at least 4 members (excludes halogenated alkanes) is 1. The van der Waals surface area contributed by atoms with Crippen molar-refractivity contribution in [2.45, 2.75) is 67.5 Å². The maximum Gasteiger partial charge on any atom is 0.460 e. The summed E-state index contributed by atoms with van der Waals surface area (Å²) in [6.45, 7) is 0.854. The van der Waals surface area contributed by atoms with Crippen molar-refractivity contribution in [2.24, 2.45) is 5.73 Å². The first-order valence-electron chi connectivity index (χ1n) is 8.28. The molecule has 0 rings (SSSR count). The standard InChI is InChI=1S/C8H3F13O2.C6H14N2O2/c9-3(10,1-2(22)23)4(11,12)5(13,14)6(15,16)7(17,18)8(19,20)21;7-4-2-1-3-5(8)6(9)10/h1H2,(H,22,23);5H,1-4,7-8H2,(H,9,10)/t;5-/m.0/s1. The lowest BCUT2D eigenvalue weighted by atomic mass is 9.92. The van der Waals surface area contributed by atoms with Gasteiger partial charge in [0.1, 0.15) is 6.04 Å². The fraction of sp³-hybridized carbons (Fsp3) is 0.857. The van der Waals surface area contributed by atoms with Crippen molar-refractivity contribution < 1.29 is 82.6 Å². The predicted molar refractivity (Wildman–Crippen MR) is 77.6 cm³/mol. The van der Waals surface area contributed by atoms with Gasteiger partial charge in [-0.1, -0.05) is 0 Å². The highest BCUT2D eigenvalue weighted by Gasteiger charge is 2.90. The molecule has 0 bridgehead atoms. The van der Waals surface area contributed by atoms with Crippen LogP contribution in [0, 0.1) is 0 Å². The lowest BCUT2D eigenvalue weighted by Gasteiger charge is -2.39. The van der Waals surface area contributed by atoms with Crippen LogP contribution in [0.5, 0.6) is 0 Å². The van der Waals surface area contributed by atoms with Gasteiger partial charge in [0, 0.05) is 5.97 Å². The zero-order valence-corrected chi connectivity index (χ0v) is 16.0. The average molecular weight is 524 g/mol. The summed E-state index contributed by atoms with van der Waals surface area (Å²) in [4.78, 5) is 19.9. The summed E-state index contributed by atoms with van der Waals surface area (Å²) >= 11 is 0. The van der Waals surface area contributed by atoms with Crippen molar-refractivity contribution in [3.05, 3.63) is 0 Å². The first-order chi connectivity index (χ1) is 14.3. The molecule has 0 saturated carbocycles. The molecule has 1 atom stereocenters. The minimum Gasteiger partial charge on any atom is -0.550 e. The molecule has 0 aromatic rings. The Labute approximate surface area is 175 Å². The van der Waals surface area contributed by atoms with E-state index in [0.717, 1.165) is 19.4 Å². The van der Waals surface area contributed by atoms with Gasteiger partial charge in [-0.15, -0.1) is 0 Å². The normalized spacial score (nSPS) is 14.9. The van der Waals surface area contributed by atoms with E-state index >= 15 is 0 Å². The van der Waals surface area contributed by atoms with Crippen molar-refractivity contribution in [3.63, 3.8) is 0 Å². The molecule has 0 saturated heterocycles. The van der Waals surface area contributed by atoms with Crippen molar-refractivity contribution >= 4 is 11.9 Å². The molecule has 0 heterocycles. The molecule has 6 nitrogen and oxygen atoms in total. The molecule has 0 amide bonds. The van der Waals surface area contributed by atoms with Gasteiger partial charge in [0.05, 0.1) is 13.0 Å². The molecule has 0 radical (unpaired) electrons. The van der Waals surface area contributed by atoms with Crippen LogP contribution >= 0.6 is 0 Å². The number of hydrogen-bond donors (Lipinski definition) is 3. The van der Waals surface area contributed by atoms with Gasteiger partial charge in [-0.2, -0.15) is 57.1 Å². The van der Waals surface area contributed by atoms with Crippen LogP contribution in [0.4, 0.5) is 57.1 Å². The smallest absolute Gasteiger partial charge is 0.460 e. The first kappa shape index (κ1) is 33.1. The van der Waals surface area contributed by atoms with Gasteiger partial charge >= 0.3 is 41.8 Å². The number of hydrogen-bond acceptors (Lipinski definition) is 4. The zero-order valence-electron chi connectivity index (χ0n) is 16.0. The van der Waals surface area contributed by atoms with Crippen molar-refractivity contribution in [1.29, 1.82) is 0 Å². The topological polar surface area (TPSA) is 131 Å². The van der Waals surface area contributed by atoms with E-state index in [1.54, 1.807) is 0 Å². The number of carbonyl (C=O) groups excluding carboxylic acids is 1. The SMILES string of the molecule is N[C@@H](CCCC[NH3+])C(=O)O.O=C([O-])CC(F)(F)C(F)(F)C(F)(F)C(F)(F)C(F)(F)C(F)(F)F. The largest absolute Gasteiger partial charge is 0.550 e. The van der Waals surface area contributed by atoms with E-state index in [2.05, 4.69) is 5.73 Å². The number of carboxylic acids is 2. The van der Waals surface area contributed by atoms with Gasteiger partial charge in [0.2, 0.25) is 0 Å². The van der Waals surface area contributed by atoms with Crippen LogP contribution < -0.4 is 16.6 Å². The van der Waals surface area contributed by atoms with Crippen LogP contribution in [-0.4, -0.2) is 65.4 Å². The molecule has 0 unspecified atom stereocenters. The van der Waals surface area contributed by atoms with E-state index in [4.69, 9.17) is 10.8 Å². The molecule has 0 aromatic carbocycles. The van der Waals surface area contributed by atoms with Crippen LogP contribution in [0.1, 0.15) is 25.7 Å². The maximum atomic E-state index is 12.8. The van der Waals surface area contributed by atoms with Crippen molar-refractivity contribution in [2.75, 3.05) is 6.54 Å². The molecular formula is C14H17F13N2O4. The number of rotatable bonds is 11. The second-order valence-corrected chi connectivity index (χ2v) is 6.34. The minimum absolute atomic E-state index is 0.560. The number of carbonyl (C=O) groups is 2. The molecule has 0 aliphatic carbocycles. The van der Waals surface area contributed by atoms with E-state index in [1.165, 1.54) is 0 Å². The summed E-state index contributed by atoms with van der Waals surface area (Å²) in [5, 5.41) is 18.1. The Hall–Kier alpha value is -2.05. The summed E-state index contributed by atoms with van der Waals surface area (Å²) in [5.41, 5.74) is 8.88. The number of nitrogens with two attached hydrogens (primary N) is 1. The highest BCUT2D eigenvalue weighted by Crippen LogP contribution is 2.60. The first-order valence-corrected chi connectivity index (χ1v) is 8.28. The van der Waals surface area contributed by atoms with Crippen molar-refractivity contribution in [3.8, 4) is 0 Å². The highest BCUT2D eigenvalue weighted by molar-refractivity contribution is 5.72. The summed E-state index contributed by atoms with van der Waals surface area (Å²) in [7, 11) is 0. The molecule has 198 valence electrons. The van der Waals surface area contributed by atoms with Gasteiger partial charge in [-0.05, 0) is 19.3 Å². The van der Waals surface area contributed by atoms with Gasteiger partial charge in [-0.3, -0.25) is 4.79 Å². The number of halogens is 13. The van der Waals surface area contributed by atoms with Gasteiger partial charge < -0.3 is 26.5 Å². The van der Waals surface area contributed by atoms with Crippen LogP contribution in [0.2, 0.25) is 0 Å². The van der Waals surface area contributed by atoms with E-state index in [0.29, 0.717) is 6.42 Å². The highest BCUT2D eigenvalue weighted by atomic mass is 19.4. The molecule has 33 heavy (non-hydrogen) atoms. The lowest BCUT2D eigenvalue weighted by Crippen LogP contribution is -2.70. The number of quaternary nitrogens is 1.